The lowest BCUT2D eigenvalue weighted by Crippen LogP contribution is -2.51. The Balaban J connectivity index is 2.41. The van der Waals surface area contributed by atoms with Gasteiger partial charge in [-0.2, -0.15) is 0 Å². The number of aliphatic carboxylic acids is 3. The van der Waals surface area contributed by atoms with Crippen LogP contribution in [0.3, 0.4) is 0 Å². The van der Waals surface area contributed by atoms with Gasteiger partial charge in [-0.05, 0) is 43.4 Å². The standard InChI is InChI=1S/C22H30N4O9/c1-13(27)24-12-14-5-7-15(8-6-14)19(30)23-11-3-2-4-16(20(31)32)25-22(35)26-17(21(33)34)9-10-18(28)29/h5-8,16-17H,2-4,9-12H2,1H3,(H,23,30)(H,24,27)(H,28,29)(H,31,32)(H,33,34)(H2,25,26,35). The molecule has 0 aliphatic heterocycles. The van der Waals surface area contributed by atoms with Crippen molar-refractivity contribution in [3.63, 3.8) is 0 Å². The van der Waals surface area contributed by atoms with E-state index in [1.807, 2.05) is 0 Å². The van der Waals surface area contributed by atoms with E-state index in [1.54, 1.807) is 24.3 Å². The number of unbranched alkanes of at least 4 members (excludes halogenated alkanes) is 1. The zero-order chi connectivity index (χ0) is 26.4. The van der Waals surface area contributed by atoms with E-state index in [0.29, 0.717) is 24.9 Å². The van der Waals surface area contributed by atoms with Crippen LogP contribution in [-0.2, 0) is 25.7 Å². The molecule has 0 aromatic heterocycles. The number of hydrogen-bond donors (Lipinski definition) is 7. The molecule has 192 valence electrons. The minimum atomic E-state index is -1.48. The Morgan fingerprint density at radius 2 is 1.37 bits per heavy atom. The summed E-state index contributed by atoms with van der Waals surface area (Å²) in [6.07, 6.45) is -0.0339. The predicted octanol–water partition coefficient (Wildman–Crippen LogP) is 0.293. The highest BCUT2D eigenvalue weighted by Crippen LogP contribution is 2.06. The Labute approximate surface area is 201 Å². The van der Waals surface area contributed by atoms with Gasteiger partial charge in [0, 0.05) is 32.0 Å². The molecular formula is C22H30N4O9. The van der Waals surface area contributed by atoms with E-state index in [2.05, 4.69) is 21.3 Å². The van der Waals surface area contributed by atoms with Gasteiger partial charge in [0.15, 0.2) is 0 Å². The number of benzene rings is 1. The van der Waals surface area contributed by atoms with E-state index >= 15 is 0 Å². The van der Waals surface area contributed by atoms with Crippen molar-refractivity contribution in [2.45, 2.75) is 57.7 Å². The Kier molecular flexibility index (Phi) is 12.3. The smallest absolute Gasteiger partial charge is 0.326 e. The molecule has 0 aliphatic carbocycles. The number of carboxylic acid groups (broad SMARTS) is 3. The lowest BCUT2D eigenvalue weighted by atomic mass is 10.1. The maximum absolute atomic E-state index is 12.2. The average molecular weight is 495 g/mol. The molecule has 4 amide bonds. The summed E-state index contributed by atoms with van der Waals surface area (Å²) in [6, 6.07) is 2.87. The number of amides is 4. The maximum atomic E-state index is 12.2. The summed E-state index contributed by atoms with van der Waals surface area (Å²) in [4.78, 5) is 68.3. The van der Waals surface area contributed by atoms with E-state index in [9.17, 15) is 33.9 Å². The van der Waals surface area contributed by atoms with Crippen molar-refractivity contribution in [1.29, 1.82) is 0 Å². The molecule has 2 unspecified atom stereocenters. The van der Waals surface area contributed by atoms with Crippen molar-refractivity contribution >= 4 is 35.8 Å². The molecular weight excluding hydrogens is 464 g/mol. The second-order valence-corrected chi connectivity index (χ2v) is 7.69. The number of carbonyl (C=O) groups excluding carboxylic acids is 3. The van der Waals surface area contributed by atoms with Gasteiger partial charge in [-0.25, -0.2) is 14.4 Å². The second kappa shape index (κ2) is 14.9. The fourth-order valence-electron chi connectivity index (χ4n) is 2.92. The monoisotopic (exact) mass is 494 g/mol. The van der Waals surface area contributed by atoms with Crippen LogP contribution in [0.1, 0.15) is 54.9 Å². The molecule has 0 aliphatic rings. The lowest BCUT2D eigenvalue weighted by Gasteiger charge is -2.18. The van der Waals surface area contributed by atoms with Crippen LogP contribution in [0, 0.1) is 0 Å². The van der Waals surface area contributed by atoms with E-state index in [4.69, 9.17) is 10.2 Å². The largest absolute Gasteiger partial charge is 0.481 e. The zero-order valence-electron chi connectivity index (χ0n) is 19.2. The average Bonchev–Trinajstić information content (AvgIpc) is 2.79. The second-order valence-electron chi connectivity index (χ2n) is 7.69. The number of nitrogens with one attached hydrogen (secondary N) is 4. The predicted molar refractivity (Wildman–Crippen MR) is 122 cm³/mol. The fourth-order valence-corrected chi connectivity index (χ4v) is 2.92. The molecule has 0 saturated carbocycles. The van der Waals surface area contributed by atoms with Gasteiger partial charge < -0.3 is 36.6 Å². The quantitative estimate of drug-likeness (QED) is 0.167. The lowest BCUT2D eigenvalue weighted by molar-refractivity contribution is -0.140. The van der Waals surface area contributed by atoms with Gasteiger partial charge in [0.1, 0.15) is 12.1 Å². The number of hydrogen-bond acceptors (Lipinski definition) is 6. The first-order chi connectivity index (χ1) is 16.5. The van der Waals surface area contributed by atoms with Crippen LogP contribution in [0.25, 0.3) is 0 Å². The van der Waals surface area contributed by atoms with Crippen LogP contribution >= 0.6 is 0 Å². The van der Waals surface area contributed by atoms with Gasteiger partial charge in [-0.15, -0.1) is 0 Å². The Bertz CT molecular complexity index is 918. The summed E-state index contributed by atoms with van der Waals surface area (Å²) in [5.74, 6) is -4.46. The zero-order valence-corrected chi connectivity index (χ0v) is 19.2. The third-order valence-electron chi connectivity index (χ3n) is 4.82. The van der Waals surface area contributed by atoms with Crippen LogP contribution in [0.15, 0.2) is 24.3 Å². The van der Waals surface area contributed by atoms with E-state index in [1.165, 1.54) is 6.92 Å². The highest BCUT2D eigenvalue weighted by molar-refractivity contribution is 5.94. The fraction of sp³-hybridized carbons (Fsp3) is 0.455. The van der Waals surface area contributed by atoms with Crippen molar-refractivity contribution in [2.75, 3.05) is 6.54 Å². The van der Waals surface area contributed by atoms with Gasteiger partial charge in [-0.3, -0.25) is 14.4 Å². The topological polar surface area (TPSA) is 211 Å². The van der Waals surface area contributed by atoms with Crippen LogP contribution in [0.4, 0.5) is 4.79 Å². The first-order valence-corrected chi connectivity index (χ1v) is 10.9. The van der Waals surface area contributed by atoms with Crippen LogP contribution in [0.5, 0.6) is 0 Å². The molecule has 2 atom stereocenters. The minimum Gasteiger partial charge on any atom is -0.481 e. The number of carboxylic acids is 3. The van der Waals surface area contributed by atoms with Crippen molar-refractivity contribution < 1.29 is 44.1 Å². The normalized spacial score (nSPS) is 12.0. The first kappa shape index (κ1) is 28.9. The van der Waals surface area contributed by atoms with Crippen molar-refractivity contribution in [1.82, 2.24) is 21.3 Å². The first-order valence-electron chi connectivity index (χ1n) is 10.9. The number of carbonyl (C=O) groups is 6. The molecule has 1 aromatic carbocycles. The summed E-state index contributed by atoms with van der Waals surface area (Å²) in [5, 5.41) is 36.6. The molecule has 7 N–H and O–H groups in total. The molecule has 0 spiro atoms. The molecule has 13 nitrogen and oxygen atoms in total. The number of urea groups is 1. The molecule has 35 heavy (non-hydrogen) atoms. The summed E-state index contributed by atoms with van der Waals surface area (Å²) in [5.41, 5.74) is 1.26. The summed E-state index contributed by atoms with van der Waals surface area (Å²) in [6.45, 7) is 2.03. The maximum Gasteiger partial charge on any atom is 0.326 e. The third kappa shape index (κ3) is 12.0. The van der Waals surface area contributed by atoms with Gasteiger partial charge >= 0.3 is 23.9 Å². The molecule has 0 bridgehead atoms. The summed E-state index contributed by atoms with van der Waals surface area (Å²) < 4.78 is 0. The molecule has 0 radical (unpaired) electrons. The molecule has 1 rings (SSSR count). The van der Waals surface area contributed by atoms with E-state index < -0.39 is 42.4 Å². The molecule has 13 heteroatoms. The summed E-state index contributed by atoms with van der Waals surface area (Å²) in [7, 11) is 0. The molecule has 1 aromatic rings. The van der Waals surface area contributed by atoms with Crippen molar-refractivity contribution in [3.05, 3.63) is 35.4 Å². The van der Waals surface area contributed by atoms with Crippen molar-refractivity contribution in [2.24, 2.45) is 0 Å². The SMILES string of the molecule is CC(=O)NCc1ccc(C(=O)NCCCCC(NC(=O)NC(CCC(=O)O)C(=O)O)C(=O)O)cc1. The third-order valence-corrected chi connectivity index (χ3v) is 4.82. The van der Waals surface area contributed by atoms with Gasteiger partial charge in [0.25, 0.3) is 5.91 Å². The van der Waals surface area contributed by atoms with Crippen molar-refractivity contribution in [3.8, 4) is 0 Å². The van der Waals surface area contributed by atoms with Gasteiger partial charge in [0.05, 0.1) is 0 Å². The minimum absolute atomic E-state index is 0.0311. The van der Waals surface area contributed by atoms with E-state index in [0.717, 1.165) is 5.56 Å². The number of rotatable bonds is 15. The van der Waals surface area contributed by atoms with E-state index in [-0.39, 0.29) is 31.2 Å². The summed E-state index contributed by atoms with van der Waals surface area (Å²) >= 11 is 0. The Morgan fingerprint density at radius 1 is 0.800 bits per heavy atom. The molecule has 0 fully saturated rings. The van der Waals surface area contributed by atoms with Gasteiger partial charge in [-0.1, -0.05) is 12.1 Å². The highest BCUT2D eigenvalue weighted by Gasteiger charge is 2.24. The van der Waals surface area contributed by atoms with Gasteiger partial charge in [0.2, 0.25) is 5.91 Å². The Morgan fingerprint density at radius 3 is 1.89 bits per heavy atom. The molecule has 0 saturated heterocycles. The molecule has 0 heterocycles. The van der Waals surface area contributed by atoms with Crippen LogP contribution in [0.2, 0.25) is 0 Å². The van der Waals surface area contributed by atoms with Crippen LogP contribution < -0.4 is 21.3 Å². The van der Waals surface area contributed by atoms with Crippen LogP contribution in [-0.4, -0.2) is 69.7 Å². The highest BCUT2D eigenvalue weighted by atomic mass is 16.4. The Hall–Kier alpha value is -4.16.